The molecular weight excluding hydrogens is 300 g/mol. The molecule has 4 heteroatoms. The number of ether oxygens (including phenoxy) is 2. The Balaban J connectivity index is 1.78. The zero-order valence-electron chi connectivity index (χ0n) is 14.2. The highest BCUT2D eigenvalue weighted by atomic mass is 16.5. The van der Waals surface area contributed by atoms with E-state index in [1.54, 1.807) is 0 Å². The van der Waals surface area contributed by atoms with Gasteiger partial charge in [-0.05, 0) is 68.8 Å². The number of nitrogens with zero attached hydrogens (tertiary/aromatic N) is 1. The Labute approximate surface area is 142 Å². The van der Waals surface area contributed by atoms with Gasteiger partial charge in [0.1, 0.15) is 11.5 Å². The van der Waals surface area contributed by atoms with E-state index in [0.29, 0.717) is 5.88 Å². The quantitative estimate of drug-likeness (QED) is 0.730. The van der Waals surface area contributed by atoms with Crippen molar-refractivity contribution in [3.05, 3.63) is 60.2 Å². The van der Waals surface area contributed by atoms with Gasteiger partial charge >= 0.3 is 0 Å². The van der Waals surface area contributed by atoms with Crippen LogP contribution in [0.15, 0.2) is 54.6 Å². The first-order chi connectivity index (χ1) is 11.5. The van der Waals surface area contributed by atoms with Gasteiger partial charge in [0.15, 0.2) is 0 Å². The molecule has 0 fully saturated rings. The summed E-state index contributed by atoms with van der Waals surface area (Å²) < 4.78 is 11.5. The third-order valence-electron chi connectivity index (χ3n) is 3.63. The van der Waals surface area contributed by atoms with Crippen LogP contribution in [0.3, 0.4) is 0 Å². The van der Waals surface area contributed by atoms with Crippen molar-refractivity contribution in [3.63, 3.8) is 0 Å². The monoisotopic (exact) mass is 322 g/mol. The molecule has 2 aromatic carbocycles. The number of hydrogen-bond acceptors (Lipinski definition) is 4. The molecule has 1 heterocycles. The molecule has 2 N–H and O–H groups in total. The zero-order chi connectivity index (χ0) is 17.1. The minimum Gasteiger partial charge on any atom is -0.491 e. The van der Waals surface area contributed by atoms with Crippen molar-refractivity contribution in [2.45, 2.75) is 32.9 Å². The van der Waals surface area contributed by atoms with Crippen LogP contribution in [0, 0.1) is 0 Å². The Kier molecular flexibility index (Phi) is 4.67. The summed E-state index contributed by atoms with van der Waals surface area (Å²) in [4.78, 5) is 4.55. The fourth-order valence-electron chi connectivity index (χ4n) is 2.44. The molecule has 1 unspecified atom stereocenters. The van der Waals surface area contributed by atoms with Crippen molar-refractivity contribution in [2.24, 2.45) is 5.73 Å². The van der Waals surface area contributed by atoms with Crippen molar-refractivity contribution >= 4 is 10.9 Å². The average Bonchev–Trinajstić information content (AvgIpc) is 2.55. The highest BCUT2D eigenvalue weighted by Crippen LogP contribution is 2.26. The van der Waals surface area contributed by atoms with Crippen molar-refractivity contribution in [1.29, 1.82) is 0 Å². The molecule has 0 bridgehead atoms. The normalized spacial score (nSPS) is 12.4. The van der Waals surface area contributed by atoms with E-state index >= 15 is 0 Å². The second-order valence-corrected chi connectivity index (χ2v) is 6.13. The van der Waals surface area contributed by atoms with E-state index in [4.69, 9.17) is 15.2 Å². The maximum absolute atomic E-state index is 5.92. The van der Waals surface area contributed by atoms with Crippen LogP contribution in [-0.2, 0) is 0 Å². The fourth-order valence-corrected chi connectivity index (χ4v) is 2.44. The van der Waals surface area contributed by atoms with Crippen molar-refractivity contribution in [1.82, 2.24) is 4.98 Å². The number of benzene rings is 2. The molecule has 0 radical (unpaired) electrons. The maximum Gasteiger partial charge on any atom is 0.219 e. The molecule has 0 aliphatic heterocycles. The van der Waals surface area contributed by atoms with Gasteiger partial charge in [0.05, 0.1) is 11.6 Å². The Morgan fingerprint density at radius 3 is 2.25 bits per heavy atom. The number of pyridine rings is 1. The summed E-state index contributed by atoms with van der Waals surface area (Å²) in [6.07, 6.45) is 0.153. The van der Waals surface area contributed by atoms with Crippen molar-refractivity contribution in [3.8, 4) is 17.4 Å². The average molecular weight is 322 g/mol. The summed E-state index contributed by atoms with van der Waals surface area (Å²) in [7, 11) is 0. The molecule has 24 heavy (non-hydrogen) atoms. The second kappa shape index (κ2) is 6.89. The smallest absolute Gasteiger partial charge is 0.219 e. The molecule has 0 saturated heterocycles. The van der Waals surface area contributed by atoms with Crippen LogP contribution in [0.5, 0.6) is 17.4 Å². The molecule has 0 aliphatic rings. The van der Waals surface area contributed by atoms with E-state index in [9.17, 15) is 0 Å². The molecule has 3 rings (SSSR count). The third kappa shape index (κ3) is 3.84. The number of rotatable bonds is 5. The highest BCUT2D eigenvalue weighted by Gasteiger charge is 2.05. The minimum absolute atomic E-state index is 0.0110. The summed E-state index contributed by atoms with van der Waals surface area (Å²) in [6, 6.07) is 17.5. The lowest BCUT2D eigenvalue weighted by molar-refractivity contribution is 0.242. The van der Waals surface area contributed by atoms with Crippen LogP contribution >= 0.6 is 0 Å². The zero-order valence-corrected chi connectivity index (χ0v) is 14.2. The molecule has 124 valence electrons. The lowest BCUT2D eigenvalue weighted by atomic mass is 10.1. The van der Waals surface area contributed by atoms with Crippen LogP contribution in [-0.4, -0.2) is 11.1 Å². The van der Waals surface area contributed by atoms with Crippen molar-refractivity contribution < 1.29 is 9.47 Å². The van der Waals surface area contributed by atoms with Crippen LogP contribution in [0.4, 0.5) is 0 Å². The first-order valence-electron chi connectivity index (χ1n) is 8.12. The standard InChI is InChI=1S/C20H22N2O2/c1-13(2)23-17-6-8-18(9-7-17)24-20-11-5-16-12-15(14(3)21)4-10-19(16)22-20/h4-14H,21H2,1-3H3. The Morgan fingerprint density at radius 2 is 1.58 bits per heavy atom. The first kappa shape index (κ1) is 16.3. The molecule has 4 nitrogen and oxygen atoms in total. The lowest BCUT2D eigenvalue weighted by Gasteiger charge is -2.11. The SMILES string of the molecule is CC(C)Oc1ccc(Oc2ccc3cc(C(C)N)ccc3n2)cc1. The largest absolute Gasteiger partial charge is 0.491 e. The second-order valence-electron chi connectivity index (χ2n) is 6.13. The van der Waals surface area contributed by atoms with Gasteiger partial charge in [-0.3, -0.25) is 0 Å². The summed E-state index contributed by atoms with van der Waals surface area (Å²) >= 11 is 0. The predicted molar refractivity (Wildman–Crippen MR) is 96.6 cm³/mol. The molecule has 1 aromatic heterocycles. The van der Waals surface area contributed by atoms with Gasteiger partial charge in [0.25, 0.3) is 0 Å². The van der Waals surface area contributed by atoms with E-state index in [1.807, 2.05) is 69.3 Å². The van der Waals surface area contributed by atoms with Crippen LogP contribution in [0.2, 0.25) is 0 Å². The number of nitrogens with two attached hydrogens (primary N) is 1. The first-order valence-corrected chi connectivity index (χ1v) is 8.12. The van der Waals surface area contributed by atoms with Gasteiger partial charge in [0, 0.05) is 17.5 Å². The van der Waals surface area contributed by atoms with Crippen molar-refractivity contribution in [2.75, 3.05) is 0 Å². The molecule has 1 atom stereocenters. The van der Waals surface area contributed by atoms with E-state index in [2.05, 4.69) is 11.1 Å². The van der Waals surface area contributed by atoms with Crippen LogP contribution in [0.1, 0.15) is 32.4 Å². The minimum atomic E-state index is 0.0110. The summed E-state index contributed by atoms with van der Waals surface area (Å²) in [5.41, 5.74) is 7.91. The topological polar surface area (TPSA) is 57.4 Å². The summed E-state index contributed by atoms with van der Waals surface area (Å²) in [6.45, 7) is 5.97. The Morgan fingerprint density at radius 1 is 0.875 bits per heavy atom. The fraction of sp³-hybridized carbons (Fsp3) is 0.250. The van der Waals surface area contributed by atoms with Crippen LogP contribution in [0.25, 0.3) is 10.9 Å². The molecular formula is C20H22N2O2. The molecule has 0 amide bonds. The predicted octanol–water partition coefficient (Wildman–Crippen LogP) is 4.83. The van der Waals surface area contributed by atoms with Gasteiger partial charge < -0.3 is 15.2 Å². The van der Waals surface area contributed by atoms with Gasteiger partial charge in [-0.25, -0.2) is 4.98 Å². The van der Waals surface area contributed by atoms with E-state index in [0.717, 1.165) is 28.0 Å². The van der Waals surface area contributed by atoms with E-state index < -0.39 is 0 Å². The summed E-state index contributed by atoms with van der Waals surface area (Å²) in [5.74, 6) is 2.12. The molecule has 3 aromatic rings. The Hall–Kier alpha value is -2.59. The van der Waals surface area contributed by atoms with E-state index in [-0.39, 0.29) is 12.1 Å². The lowest BCUT2D eigenvalue weighted by Crippen LogP contribution is -2.05. The third-order valence-corrected chi connectivity index (χ3v) is 3.63. The Bertz CT molecular complexity index is 827. The van der Waals surface area contributed by atoms with Gasteiger partial charge in [0.2, 0.25) is 5.88 Å². The molecule has 0 aliphatic carbocycles. The van der Waals surface area contributed by atoms with Crippen LogP contribution < -0.4 is 15.2 Å². The van der Waals surface area contributed by atoms with Gasteiger partial charge in [-0.2, -0.15) is 0 Å². The van der Waals surface area contributed by atoms with E-state index in [1.165, 1.54) is 0 Å². The number of fused-ring (bicyclic) bond motifs is 1. The molecule has 0 spiro atoms. The summed E-state index contributed by atoms with van der Waals surface area (Å²) in [5, 5.41) is 1.05. The number of hydrogen-bond donors (Lipinski definition) is 1. The molecule has 0 saturated carbocycles. The maximum atomic E-state index is 5.92. The van der Waals surface area contributed by atoms with Gasteiger partial charge in [-0.15, -0.1) is 0 Å². The van der Waals surface area contributed by atoms with Gasteiger partial charge in [-0.1, -0.05) is 6.07 Å². The highest BCUT2D eigenvalue weighted by molar-refractivity contribution is 5.80. The number of aromatic nitrogens is 1.